The van der Waals surface area contributed by atoms with Gasteiger partial charge in [-0.15, -0.1) is 0 Å². The second-order valence-electron chi connectivity index (χ2n) is 6.82. The van der Waals surface area contributed by atoms with E-state index in [4.69, 9.17) is 27.9 Å². The van der Waals surface area contributed by atoms with Crippen LogP contribution in [0.2, 0.25) is 10.0 Å². The van der Waals surface area contributed by atoms with Crippen molar-refractivity contribution < 1.29 is 22.7 Å². The van der Waals surface area contributed by atoms with Crippen LogP contribution in [-0.4, -0.2) is 67.3 Å². The van der Waals surface area contributed by atoms with Gasteiger partial charge in [0.05, 0.1) is 32.8 Å². The minimum Gasteiger partial charge on any atom is -0.462 e. The van der Waals surface area contributed by atoms with Gasteiger partial charge in [-0.3, -0.25) is 4.79 Å². The fourth-order valence-electron chi connectivity index (χ4n) is 3.18. The van der Waals surface area contributed by atoms with Crippen LogP contribution in [0.5, 0.6) is 0 Å². The summed E-state index contributed by atoms with van der Waals surface area (Å²) >= 11 is 11.8. The van der Waals surface area contributed by atoms with Crippen LogP contribution in [0.15, 0.2) is 35.2 Å². The lowest BCUT2D eigenvalue weighted by atomic mass is 10.1. The second-order valence-corrected chi connectivity index (χ2v) is 9.57. The smallest absolute Gasteiger partial charge is 0.339 e. The zero-order chi connectivity index (χ0) is 22.8. The molecule has 0 bridgehead atoms. The number of aryl methyl sites for hydroxylation is 1. The van der Waals surface area contributed by atoms with Crippen molar-refractivity contribution in [2.75, 3.05) is 32.8 Å². The Hall–Kier alpha value is -2.20. The number of nitrogens with zero attached hydrogens (tertiary/aromatic N) is 3. The maximum atomic E-state index is 12.9. The first-order valence-corrected chi connectivity index (χ1v) is 11.7. The minimum atomic E-state index is -3.76. The van der Waals surface area contributed by atoms with E-state index in [0.29, 0.717) is 11.3 Å². The number of ether oxygens (including phenoxy) is 1. The highest BCUT2D eigenvalue weighted by Crippen LogP contribution is 2.27. The first-order valence-electron chi connectivity index (χ1n) is 9.54. The van der Waals surface area contributed by atoms with Gasteiger partial charge in [-0.1, -0.05) is 23.2 Å². The first-order chi connectivity index (χ1) is 14.6. The number of hydrogen-bond donors (Lipinski definition) is 0. The molecule has 0 unspecified atom stereocenters. The van der Waals surface area contributed by atoms with E-state index in [2.05, 4.69) is 4.98 Å². The number of piperazine rings is 1. The van der Waals surface area contributed by atoms with Crippen molar-refractivity contribution in [3.8, 4) is 0 Å². The Bertz CT molecular complexity index is 1120. The summed E-state index contributed by atoms with van der Waals surface area (Å²) in [6, 6.07) is 7.14. The van der Waals surface area contributed by atoms with Gasteiger partial charge in [0, 0.05) is 26.2 Å². The summed E-state index contributed by atoms with van der Waals surface area (Å²) in [5, 5.41) is 0.428. The van der Waals surface area contributed by atoms with Crippen molar-refractivity contribution in [2.24, 2.45) is 0 Å². The largest absolute Gasteiger partial charge is 0.462 e. The van der Waals surface area contributed by atoms with Crippen molar-refractivity contribution in [1.29, 1.82) is 0 Å². The lowest BCUT2D eigenvalue weighted by Gasteiger charge is -2.34. The van der Waals surface area contributed by atoms with Crippen molar-refractivity contribution in [3.05, 3.63) is 57.3 Å². The zero-order valence-electron chi connectivity index (χ0n) is 17.0. The molecule has 1 amide bonds. The van der Waals surface area contributed by atoms with E-state index >= 15 is 0 Å². The van der Waals surface area contributed by atoms with Gasteiger partial charge in [0.25, 0.3) is 5.91 Å². The summed E-state index contributed by atoms with van der Waals surface area (Å²) in [7, 11) is -3.76. The molecule has 0 radical (unpaired) electrons. The van der Waals surface area contributed by atoms with E-state index in [-0.39, 0.29) is 59.3 Å². The number of carbonyl (C=O) groups excluding carboxylic acids is 2. The fraction of sp³-hybridized carbons (Fsp3) is 0.350. The number of aromatic nitrogens is 1. The average molecular weight is 486 g/mol. The van der Waals surface area contributed by atoms with Gasteiger partial charge in [-0.05, 0) is 44.2 Å². The third-order valence-corrected chi connectivity index (χ3v) is 7.49. The van der Waals surface area contributed by atoms with Crippen LogP contribution in [0, 0.1) is 6.92 Å². The fourth-order valence-corrected chi connectivity index (χ4v) is 5.00. The molecule has 0 N–H and O–H groups in total. The molecule has 166 valence electrons. The molecule has 0 atom stereocenters. The summed E-state index contributed by atoms with van der Waals surface area (Å²) in [6.07, 6.45) is 0. The van der Waals surface area contributed by atoms with E-state index in [1.807, 2.05) is 0 Å². The Kier molecular flexibility index (Phi) is 7.20. The van der Waals surface area contributed by atoms with Crippen LogP contribution >= 0.6 is 23.2 Å². The Morgan fingerprint density at radius 2 is 1.74 bits per heavy atom. The van der Waals surface area contributed by atoms with Crippen molar-refractivity contribution >= 4 is 45.1 Å². The first kappa shape index (κ1) is 23.5. The normalized spacial score (nSPS) is 15.0. The van der Waals surface area contributed by atoms with E-state index < -0.39 is 16.0 Å². The Morgan fingerprint density at radius 1 is 1.06 bits per heavy atom. The minimum absolute atomic E-state index is 0.0496. The molecule has 1 saturated heterocycles. The third-order valence-electron chi connectivity index (χ3n) is 4.85. The number of rotatable bonds is 5. The molecular formula is C20H21Cl2N3O5S. The highest BCUT2D eigenvalue weighted by Gasteiger charge is 2.31. The van der Waals surface area contributed by atoms with Crippen LogP contribution in [0.4, 0.5) is 0 Å². The summed E-state index contributed by atoms with van der Waals surface area (Å²) in [5.41, 5.74) is 0.882. The number of carbonyl (C=O) groups is 2. The molecule has 1 aromatic carbocycles. The predicted octanol–water partition coefficient (Wildman–Crippen LogP) is 3.02. The SMILES string of the molecule is CCOC(=O)c1ccc(C(=O)N2CCN(S(=O)(=O)c3ccc(Cl)c(Cl)c3)CC2)nc1C. The van der Waals surface area contributed by atoms with Crippen molar-refractivity contribution in [1.82, 2.24) is 14.2 Å². The van der Waals surface area contributed by atoms with Gasteiger partial charge in [-0.25, -0.2) is 18.2 Å². The second kappa shape index (κ2) is 9.52. The number of hydrogen-bond acceptors (Lipinski definition) is 6. The number of pyridine rings is 1. The Morgan fingerprint density at radius 3 is 2.32 bits per heavy atom. The number of benzene rings is 1. The molecule has 8 nitrogen and oxygen atoms in total. The highest BCUT2D eigenvalue weighted by molar-refractivity contribution is 7.89. The van der Waals surface area contributed by atoms with Gasteiger partial charge in [-0.2, -0.15) is 4.31 Å². The van der Waals surface area contributed by atoms with E-state index in [0.717, 1.165) is 0 Å². The van der Waals surface area contributed by atoms with Gasteiger partial charge >= 0.3 is 5.97 Å². The molecule has 1 aliphatic rings. The number of amides is 1. The van der Waals surface area contributed by atoms with Crippen LogP contribution in [-0.2, 0) is 14.8 Å². The summed E-state index contributed by atoms with van der Waals surface area (Å²) in [5.74, 6) is -0.822. The summed E-state index contributed by atoms with van der Waals surface area (Å²) in [6.45, 7) is 4.26. The Balaban J connectivity index is 1.69. The maximum absolute atomic E-state index is 12.9. The van der Waals surface area contributed by atoms with E-state index in [1.165, 1.54) is 39.5 Å². The number of sulfonamides is 1. The average Bonchev–Trinajstić information content (AvgIpc) is 2.75. The molecule has 3 rings (SSSR count). The van der Waals surface area contributed by atoms with Gasteiger partial charge in [0.15, 0.2) is 0 Å². The molecule has 2 heterocycles. The van der Waals surface area contributed by atoms with Crippen LogP contribution in [0.3, 0.4) is 0 Å². The lowest BCUT2D eigenvalue weighted by molar-refractivity contribution is 0.0523. The van der Waals surface area contributed by atoms with Gasteiger partial charge < -0.3 is 9.64 Å². The van der Waals surface area contributed by atoms with Gasteiger partial charge in [0.2, 0.25) is 10.0 Å². The summed E-state index contributed by atoms with van der Waals surface area (Å²) < 4.78 is 32.0. The maximum Gasteiger partial charge on any atom is 0.339 e. The predicted molar refractivity (Wildman–Crippen MR) is 116 cm³/mol. The van der Waals surface area contributed by atoms with Gasteiger partial charge in [0.1, 0.15) is 5.69 Å². The topological polar surface area (TPSA) is 96.9 Å². The molecule has 0 saturated carbocycles. The molecule has 11 heteroatoms. The standard InChI is InChI=1S/C20H21Cl2N3O5S/c1-3-30-20(27)15-5-7-18(23-13(15)2)19(26)24-8-10-25(11-9-24)31(28,29)14-4-6-16(21)17(22)12-14/h4-7,12H,3,8-11H2,1-2H3. The van der Waals surface area contributed by atoms with E-state index in [9.17, 15) is 18.0 Å². The number of halogens is 2. The lowest BCUT2D eigenvalue weighted by Crippen LogP contribution is -2.50. The molecule has 1 fully saturated rings. The molecule has 31 heavy (non-hydrogen) atoms. The van der Waals surface area contributed by atoms with Crippen molar-refractivity contribution in [2.45, 2.75) is 18.7 Å². The monoisotopic (exact) mass is 485 g/mol. The summed E-state index contributed by atoms with van der Waals surface area (Å²) in [4.78, 5) is 30.5. The van der Waals surface area contributed by atoms with Crippen molar-refractivity contribution in [3.63, 3.8) is 0 Å². The molecule has 1 aliphatic heterocycles. The third kappa shape index (κ3) is 5.01. The molecule has 2 aromatic rings. The highest BCUT2D eigenvalue weighted by atomic mass is 35.5. The molecule has 0 aliphatic carbocycles. The zero-order valence-corrected chi connectivity index (χ0v) is 19.3. The molecule has 1 aromatic heterocycles. The molecular weight excluding hydrogens is 465 g/mol. The Labute approximate surface area is 190 Å². The number of esters is 1. The van der Waals surface area contributed by atoms with Crippen LogP contribution in [0.1, 0.15) is 33.5 Å². The van der Waals surface area contributed by atoms with Crippen LogP contribution < -0.4 is 0 Å². The van der Waals surface area contributed by atoms with Crippen LogP contribution in [0.25, 0.3) is 0 Å². The quantitative estimate of drug-likeness (QED) is 0.603. The van der Waals surface area contributed by atoms with E-state index in [1.54, 1.807) is 13.8 Å². The molecule has 0 spiro atoms.